The van der Waals surface area contributed by atoms with Gasteiger partial charge in [-0.3, -0.25) is 0 Å². The van der Waals surface area contributed by atoms with Crippen molar-refractivity contribution < 1.29 is 4.79 Å². The largest absolute Gasteiger partial charge is 0.303 e. The maximum Gasteiger partial charge on any atom is 0.120 e. The monoisotopic (exact) mass is 109 g/mol. The molecule has 0 amide bonds. The summed E-state index contributed by atoms with van der Waals surface area (Å²) in [6.45, 7) is 0. The van der Waals surface area contributed by atoms with E-state index >= 15 is 0 Å². The van der Waals surface area contributed by atoms with Crippen molar-refractivity contribution in [3.8, 4) is 6.07 Å². The molecular formula is C6H7NO. The Balaban J connectivity index is 3.06. The van der Waals surface area contributed by atoms with Gasteiger partial charge in [0.2, 0.25) is 0 Å². The molecule has 8 heavy (non-hydrogen) atoms. The van der Waals surface area contributed by atoms with E-state index in [2.05, 4.69) is 0 Å². The minimum absolute atomic E-state index is 0.512. The van der Waals surface area contributed by atoms with Crippen molar-refractivity contribution in [2.75, 3.05) is 0 Å². The lowest BCUT2D eigenvalue weighted by atomic mass is 10.3. The second-order valence-electron chi connectivity index (χ2n) is 1.28. The van der Waals surface area contributed by atoms with E-state index in [1.54, 1.807) is 6.08 Å². The number of carbonyl (C=O) groups is 1. The van der Waals surface area contributed by atoms with E-state index in [9.17, 15) is 4.79 Å². The fourth-order valence-corrected chi connectivity index (χ4v) is 0.300. The Hall–Kier alpha value is -1.10. The molecule has 0 unspecified atom stereocenters. The predicted molar refractivity (Wildman–Crippen MR) is 30.1 cm³/mol. The molecule has 0 atom stereocenters. The van der Waals surface area contributed by atoms with Crippen LogP contribution in [0, 0.1) is 11.3 Å². The first-order valence-electron chi connectivity index (χ1n) is 2.40. The summed E-state index contributed by atoms with van der Waals surface area (Å²) in [7, 11) is 0. The summed E-state index contributed by atoms with van der Waals surface area (Å²) >= 11 is 0. The summed E-state index contributed by atoms with van der Waals surface area (Å²) in [5.74, 6) is 0. The highest BCUT2D eigenvalue weighted by Crippen LogP contribution is 1.84. The number of unbranched alkanes of at least 4 members (excludes halogenated alkanes) is 1. The Morgan fingerprint density at radius 2 is 2.25 bits per heavy atom. The third kappa shape index (κ3) is 4.90. The Kier molecular flexibility index (Phi) is 5.09. The zero-order valence-corrected chi connectivity index (χ0v) is 4.50. The van der Waals surface area contributed by atoms with Gasteiger partial charge in [-0.25, -0.2) is 0 Å². The van der Waals surface area contributed by atoms with Gasteiger partial charge in [0.05, 0.1) is 6.07 Å². The number of hydrogen-bond acceptors (Lipinski definition) is 2. The number of nitriles is 1. The summed E-state index contributed by atoms with van der Waals surface area (Å²) < 4.78 is 0. The van der Waals surface area contributed by atoms with Gasteiger partial charge in [-0.15, -0.1) is 0 Å². The molecule has 0 saturated carbocycles. The topological polar surface area (TPSA) is 40.9 Å². The van der Waals surface area contributed by atoms with Crippen LogP contribution in [0.1, 0.15) is 12.8 Å². The van der Waals surface area contributed by atoms with Crippen molar-refractivity contribution in [1.82, 2.24) is 0 Å². The SMILES string of the molecule is N#C/C=C\CCC=O. The first-order valence-corrected chi connectivity index (χ1v) is 2.40. The van der Waals surface area contributed by atoms with Crippen LogP contribution in [-0.2, 0) is 4.79 Å². The van der Waals surface area contributed by atoms with Crippen LogP contribution in [-0.4, -0.2) is 6.29 Å². The second kappa shape index (κ2) is 5.90. The van der Waals surface area contributed by atoms with Crippen LogP contribution in [0.2, 0.25) is 0 Å². The molecule has 0 saturated heterocycles. The van der Waals surface area contributed by atoms with Crippen LogP contribution < -0.4 is 0 Å². The van der Waals surface area contributed by atoms with Crippen LogP contribution in [0.5, 0.6) is 0 Å². The summed E-state index contributed by atoms with van der Waals surface area (Å²) in [5.41, 5.74) is 0. The first kappa shape index (κ1) is 6.90. The number of aldehydes is 1. The molecule has 0 aromatic carbocycles. The van der Waals surface area contributed by atoms with Crippen LogP contribution in [0.3, 0.4) is 0 Å². The standard InChI is InChI=1S/C6H7NO/c7-5-3-1-2-4-6-8/h1,3,6H,2,4H2/b3-1-. The smallest absolute Gasteiger partial charge is 0.120 e. The van der Waals surface area contributed by atoms with E-state index in [-0.39, 0.29) is 0 Å². The van der Waals surface area contributed by atoms with Gasteiger partial charge in [-0.2, -0.15) is 5.26 Å². The van der Waals surface area contributed by atoms with Crippen LogP contribution >= 0.6 is 0 Å². The number of hydrogen-bond donors (Lipinski definition) is 0. The maximum atomic E-state index is 9.65. The summed E-state index contributed by atoms with van der Waals surface area (Å²) in [5, 5.41) is 7.94. The molecule has 0 aliphatic heterocycles. The van der Waals surface area contributed by atoms with Gasteiger partial charge in [-0.1, -0.05) is 6.08 Å². The average molecular weight is 109 g/mol. The van der Waals surface area contributed by atoms with Crippen LogP contribution in [0.15, 0.2) is 12.2 Å². The number of carbonyl (C=O) groups excluding carboxylic acids is 1. The van der Waals surface area contributed by atoms with Gasteiger partial charge < -0.3 is 4.79 Å². The van der Waals surface area contributed by atoms with Gasteiger partial charge >= 0.3 is 0 Å². The number of allylic oxidation sites excluding steroid dienone is 2. The number of rotatable bonds is 3. The fourth-order valence-electron chi connectivity index (χ4n) is 0.300. The Morgan fingerprint density at radius 3 is 2.75 bits per heavy atom. The molecule has 0 N–H and O–H groups in total. The summed E-state index contributed by atoms with van der Waals surface area (Å²) in [6.07, 6.45) is 5.08. The second-order valence-corrected chi connectivity index (χ2v) is 1.28. The van der Waals surface area contributed by atoms with Crippen LogP contribution in [0.4, 0.5) is 0 Å². The summed E-state index contributed by atoms with van der Waals surface area (Å²) in [6, 6.07) is 1.83. The molecule has 0 aromatic heterocycles. The highest BCUT2D eigenvalue weighted by molar-refractivity contribution is 5.49. The van der Waals surface area contributed by atoms with Crippen molar-refractivity contribution in [2.24, 2.45) is 0 Å². The molecule has 2 heteroatoms. The van der Waals surface area contributed by atoms with Gasteiger partial charge in [0, 0.05) is 12.5 Å². The minimum Gasteiger partial charge on any atom is -0.303 e. The third-order valence-corrected chi connectivity index (χ3v) is 0.644. The third-order valence-electron chi connectivity index (χ3n) is 0.644. The number of nitrogens with zero attached hydrogens (tertiary/aromatic N) is 1. The molecule has 2 nitrogen and oxygen atoms in total. The first-order chi connectivity index (χ1) is 3.91. The van der Waals surface area contributed by atoms with Gasteiger partial charge in [-0.05, 0) is 6.42 Å². The van der Waals surface area contributed by atoms with Crippen molar-refractivity contribution in [3.63, 3.8) is 0 Å². The Morgan fingerprint density at radius 1 is 1.50 bits per heavy atom. The van der Waals surface area contributed by atoms with Crippen molar-refractivity contribution in [2.45, 2.75) is 12.8 Å². The molecule has 42 valence electrons. The zero-order chi connectivity index (χ0) is 6.24. The average Bonchev–Trinajstić information content (AvgIpc) is 1.81. The molecule has 0 radical (unpaired) electrons. The van der Waals surface area contributed by atoms with E-state index in [1.807, 2.05) is 6.07 Å². The zero-order valence-electron chi connectivity index (χ0n) is 4.50. The lowest BCUT2D eigenvalue weighted by Gasteiger charge is -1.75. The van der Waals surface area contributed by atoms with E-state index in [4.69, 9.17) is 5.26 Å². The lowest BCUT2D eigenvalue weighted by Crippen LogP contribution is -1.68. The molecule has 0 rings (SSSR count). The predicted octanol–water partition coefficient (Wildman–Crippen LogP) is 1.05. The highest BCUT2D eigenvalue weighted by Gasteiger charge is 1.74. The highest BCUT2D eigenvalue weighted by atomic mass is 16.1. The summed E-state index contributed by atoms with van der Waals surface area (Å²) in [4.78, 5) is 9.65. The van der Waals surface area contributed by atoms with Gasteiger partial charge in [0.15, 0.2) is 0 Å². The molecule has 0 spiro atoms. The molecule has 0 fully saturated rings. The molecule has 0 aliphatic rings. The Bertz CT molecular complexity index is 121. The van der Waals surface area contributed by atoms with Gasteiger partial charge in [0.25, 0.3) is 0 Å². The molecule has 0 heterocycles. The molecule has 0 bridgehead atoms. The van der Waals surface area contributed by atoms with Gasteiger partial charge in [0.1, 0.15) is 6.29 Å². The lowest BCUT2D eigenvalue weighted by molar-refractivity contribution is -0.107. The van der Waals surface area contributed by atoms with E-state index in [0.29, 0.717) is 12.8 Å². The minimum atomic E-state index is 0.512. The van der Waals surface area contributed by atoms with Crippen LogP contribution in [0.25, 0.3) is 0 Å². The molecular weight excluding hydrogens is 102 g/mol. The normalized spacial score (nSPS) is 8.88. The van der Waals surface area contributed by atoms with Crippen molar-refractivity contribution in [1.29, 1.82) is 5.26 Å². The molecule has 0 aliphatic carbocycles. The Labute approximate surface area is 48.4 Å². The van der Waals surface area contributed by atoms with E-state index in [0.717, 1.165) is 6.29 Å². The van der Waals surface area contributed by atoms with E-state index < -0.39 is 0 Å². The maximum absolute atomic E-state index is 9.65. The molecule has 0 aromatic rings. The van der Waals surface area contributed by atoms with Crippen molar-refractivity contribution in [3.05, 3.63) is 12.2 Å². The van der Waals surface area contributed by atoms with Crippen molar-refractivity contribution >= 4 is 6.29 Å². The fraction of sp³-hybridized carbons (Fsp3) is 0.333. The van der Waals surface area contributed by atoms with E-state index in [1.165, 1.54) is 6.08 Å². The quantitative estimate of drug-likeness (QED) is 0.308.